The highest BCUT2D eigenvalue weighted by Crippen LogP contribution is 2.41. The third kappa shape index (κ3) is 2.04. The Morgan fingerprint density at radius 1 is 1.50 bits per heavy atom. The molecular weight excluding hydrogens is 174 g/mol. The van der Waals surface area contributed by atoms with Crippen molar-refractivity contribution in [3.05, 3.63) is 23.5 Å². The fourth-order valence-corrected chi connectivity index (χ4v) is 1.69. The van der Waals surface area contributed by atoms with Gasteiger partial charge in [0.05, 0.1) is 11.4 Å². The summed E-state index contributed by atoms with van der Waals surface area (Å²) in [7, 11) is 4.09. The van der Waals surface area contributed by atoms with Gasteiger partial charge in [0, 0.05) is 18.7 Å². The second-order valence-electron chi connectivity index (χ2n) is 4.33. The molecule has 3 heteroatoms. The van der Waals surface area contributed by atoms with Gasteiger partial charge in [0.15, 0.2) is 0 Å². The van der Waals surface area contributed by atoms with Crippen LogP contribution in [0.5, 0.6) is 0 Å². The van der Waals surface area contributed by atoms with Crippen molar-refractivity contribution in [1.82, 2.24) is 9.88 Å². The molecule has 0 saturated heterocycles. The SMILES string of the molecule is CN(C)Cc1cnc(C2CC2)c(N)c1. The van der Waals surface area contributed by atoms with E-state index in [0.29, 0.717) is 5.92 Å². The Kier molecular flexibility index (Phi) is 2.42. The molecule has 1 aromatic rings. The highest BCUT2D eigenvalue weighted by atomic mass is 15.0. The molecular formula is C11H17N3. The zero-order valence-electron chi connectivity index (χ0n) is 8.83. The number of pyridine rings is 1. The normalized spacial score (nSPS) is 16.2. The first-order valence-corrected chi connectivity index (χ1v) is 5.06. The average molecular weight is 191 g/mol. The molecule has 2 rings (SSSR count). The van der Waals surface area contributed by atoms with E-state index < -0.39 is 0 Å². The van der Waals surface area contributed by atoms with Crippen LogP contribution in [0.2, 0.25) is 0 Å². The van der Waals surface area contributed by atoms with Crippen LogP contribution in [0.3, 0.4) is 0 Å². The van der Waals surface area contributed by atoms with Gasteiger partial charge in [-0.25, -0.2) is 0 Å². The lowest BCUT2D eigenvalue weighted by Crippen LogP contribution is -2.11. The lowest BCUT2D eigenvalue weighted by Gasteiger charge is -2.11. The summed E-state index contributed by atoms with van der Waals surface area (Å²) in [6.07, 6.45) is 4.46. The van der Waals surface area contributed by atoms with Crippen LogP contribution < -0.4 is 5.73 Å². The smallest absolute Gasteiger partial charge is 0.0663 e. The molecule has 0 radical (unpaired) electrons. The van der Waals surface area contributed by atoms with Gasteiger partial charge >= 0.3 is 0 Å². The Hall–Kier alpha value is -1.09. The standard InChI is InChI=1S/C11H17N3/c1-14(2)7-8-5-10(12)11(13-6-8)9-3-4-9/h5-6,9H,3-4,7,12H2,1-2H3. The minimum absolute atomic E-state index is 0.642. The van der Waals surface area contributed by atoms with Crippen molar-refractivity contribution < 1.29 is 0 Å². The van der Waals surface area contributed by atoms with E-state index in [2.05, 4.69) is 16.0 Å². The number of rotatable bonds is 3. The van der Waals surface area contributed by atoms with Crippen LogP contribution in [0.1, 0.15) is 30.0 Å². The Bertz CT molecular complexity index is 329. The minimum atomic E-state index is 0.642. The summed E-state index contributed by atoms with van der Waals surface area (Å²) in [5, 5.41) is 0. The monoisotopic (exact) mass is 191 g/mol. The maximum absolute atomic E-state index is 5.96. The van der Waals surface area contributed by atoms with Gasteiger partial charge in [-0.3, -0.25) is 4.98 Å². The maximum Gasteiger partial charge on any atom is 0.0663 e. The lowest BCUT2D eigenvalue weighted by atomic mass is 10.1. The molecule has 1 aliphatic carbocycles. The molecule has 1 aromatic heterocycles. The van der Waals surface area contributed by atoms with E-state index in [-0.39, 0.29) is 0 Å². The van der Waals surface area contributed by atoms with Gasteiger partial charge in [-0.05, 0) is 38.6 Å². The molecule has 1 fully saturated rings. The quantitative estimate of drug-likeness (QED) is 0.789. The molecule has 1 saturated carbocycles. The molecule has 3 nitrogen and oxygen atoms in total. The van der Waals surface area contributed by atoms with Crippen molar-refractivity contribution in [2.75, 3.05) is 19.8 Å². The molecule has 0 amide bonds. The van der Waals surface area contributed by atoms with Gasteiger partial charge in [-0.1, -0.05) is 0 Å². The first-order chi connectivity index (χ1) is 6.66. The first-order valence-electron chi connectivity index (χ1n) is 5.06. The maximum atomic E-state index is 5.96. The number of hydrogen-bond donors (Lipinski definition) is 1. The van der Waals surface area contributed by atoms with E-state index >= 15 is 0 Å². The third-order valence-corrected chi connectivity index (χ3v) is 2.47. The molecule has 0 aromatic carbocycles. The largest absolute Gasteiger partial charge is 0.397 e. The van der Waals surface area contributed by atoms with Crippen LogP contribution in [-0.4, -0.2) is 24.0 Å². The van der Waals surface area contributed by atoms with Crippen LogP contribution in [0.4, 0.5) is 5.69 Å². The highest BCUT2D eigenvalue weighted by molar-refractivity contribution is 5.47. The van der Waals surface area contributed by atoms with Crippen molar-refractivity contribution in [1.29, 1.82) is 0 Å². The summed E-state index contributed by atoms with van der Waals surface area (Å²) < 4.78 is 0. The van der Waals surface area contributed by atoms with Gasteiger partial charge in [-0.2, -0.15) is 0 Å². The summed E-state index contributed by atoms with van der Waals surface area (Å²) in [6.45, 7) is 0.905. The van der Waals surface area contributed by atoms with Gasteiger partial charge in [0.1, 0.15) is 0 Å². The van der Waals surface area contributed by atoms with Crippen molar-refractivity contribution in [2.45, 2.75) is 25.3 Å². The van der Waals surface area contributed by atoms with Crippen LogP contribution in [-0.2, 0) is 6.54 Å². The summed E-state index contributed by atoms with van der Waals surface area (Å²) in [4.78, 5) is 6.56. The molecule has 1 aliphatic rings. The van der Waals surface area contributed by atoms with Crippen LogP contribution in [0, 0.1) is 0 Å². The van der Waals surface area contributed by atoms with Gasteiger partial charge in [0.25, 0.3) is 0 Å². The molecule has 0 atom stereocenters. The first kappa shape index (κ1) is 9.46. The Labute approximate surface area is 84.9 Å². The molecule has 2 N–H and O–H groups in total. The Morgan fingerprint density at radius 3 is 2.71 bits per heavy atom. The molecule has 0 aliphatic heterocycles. The van der Waals surface area contributed by atoms with Gasteiger partial charge < -0.3 is 10.6 Å². The molecule has 0 bridgehead atoms. The number of aromatic nitrogens is 1. The topological polar surface area (TPSA) is 42.2 Å². The highest BCUT2D eigenvalue weighted by Gasteiger charge is 2.26. The van der Waals surface area contributed by atoms with Crippen LogP contribution in [0.25, 0.3) is 0 Å². The molecule has 14 heavy (non-hydrogen) atoms. The molecule has 76 valence electrons. The predicted molar refractivity (Wildman–Crippen MR) is 58.0 cm³/mol. The predicted octanol–water partition coefficient (Wildman–Crippen LogP) is 1.60. The van der Waals surface area contributed by atoms with Crippen molar-refractivity contribution in [3.63, 3.8) is 0 Å². The average Bonchev–Trinajstić information content (AvgIpc) is 2.86. The second-order valence-corrected chi connectivity index (χ2v) is 4.33. The Morgan fingerprint density at radius 2 is 2.21 bits per heavy atom. The summed E-state index contributed by atoms with van der Waals surface area (Å²) in [5.41, 5.74) is 9.12. The minimum Gasteiger partial charge on any atom is -0.397 e. The van der Waals surface area contributed by atoms with E-state index in [1.807, 2.05) is 20.3 Å². The van der Waals surface area contributed by atoms with Crippen LogP contribution in [0.15, 0.2) is 12.3 Å². The van der Waals surface area contributed by atoms with E-state index in [0.717, 1.165) is 17.9 Å². The van der Waals surface area contributed by atoms with Crippen molar-refractivity contribution >= 4 is 5.69 Å². The fourth-order valence-electron chi connectivity index (χ4n) is 1.69. The van der Waals surface area contributed by atoms with Crippen molar-refractivity contribution in [2.24, 2.45) is 0 Å². The van der Waals surface area contributed by atoms with E-state index in [1.165, 1.54) is 18.4 Å². The zero-order chi connectivity index (χ0) is 10.1. The number of nitrogens with zero attached hydrogens (tertiary/aromatic N) is 2. The molecule has 1 heterocycles. The van der Waals surface area contributed by atoms with Crippen LogP contribution >= 0.6 is 0 Å². The third-order valence-electron chi connectivity index (χ3n) is 2.47. The molecule has 0 unspecified atom stereocenters. The number of hydrogen-bond acceptors (Lipinski definition) is 3. The van der Waals surface area contributed by atoms with E-state index in [4.69, 9.17) is 5.73 Å². The Balaban J connectivity index is 2.17. The van der Waals surface area contributed by atoms with E-state index in [9.17, 15) is 0 Å². The number of anilines is 1. The lowest BCUT2D eigenvalue weighted by molar-refractivity contribution is 0.402. The zero-order valence-corrected chi connectivity index (χ0v) is 8.83. The second kappa shape index (κ2) is 3.58. The fraction of sp³-hybridized carbons (Fsp3) is 0.545. The van der Waals surface area contributed by atoms with Gasteiger partial charge in [0.2, 0.25) is 0 Å². The summed E-state index contributed by atoms with van der Waals surface area (Å²) >= 11 is 0. The summed E-state index contributed by atoms with van der Waals surface area (Å²) in [5.74, 6) is 0.642. The number of nitrogens with two attached hydrogens (primary N) is 1. The number of nitrogen functional groups attached to an aromatic ring is 1. The van der Waals surface area contributed by atoms with E-state index in [1.54, 1.807) is 0 Å². The van der Waals surface area contributed by atoms with Gasteiger partial charge in [-0.15, -0.1) is 0 Å². The van der Waals surface area contributed by atoms with Crippen molar-refractivity contribution in [3.8, 4) is 0 Å². The summed E-state index contributed by atoms with van der Waals surface area (Å²) in [6, 6.07) is 2.06. The molecule has 0 spiro atoms.